The highest BCUT2D eigenvalue weighted by molar-refractivity contribution is 7.20. The van der Waals surface area contributed by atoms with Crippen LogP contribution in [0.4, 0.5) is 10.1 Å². The third-order valence-electron chi connectivity index (χ3n) is 4.63. The van der Waals surface area contributed by atoms with Crippen molar-refractivity contribution in [2.45, 2.75) is 13.8 Å². The molecule has 0 bridgehead atoms. The molecule has 0 spiro atoms. The Hall–Kier alpha value is -3.23. The number of halogens is 2. The summed E-state index contributed by atoms with van der Waals surface area (Å²) in [7, 11) is 0. The van der Waals surface area contributed by atoms with Crippen LogP contribution in [0, 0.1) is 19.7 Å². The molecule has 4 rings (SSSR count). The number of para-hydroxylation sites is 1. The van der Waals surface area contributed by atoms with Gasteiger partial charge in [0.15, 0.2) is 6.61 Å². The zero-order chi connectivity index (χ0) is 22.1. The summed E-state index contributed by atoms with van der Waals surface area (Å²) < 4.78 is 20.2. The Morgan fingerprint density at radius 3 is 2.74 bits per heavy atom. The quantitative estimate of drug-likeness (QED) is 0.413. The predicted octanol–water partition coefficient (Wildman–Crippen LogP) is 5.29. The number of amides is 1. The molecule has 9 heteroatoms. The van der Waals surface area contributed by atoms with E-state index in [1.807, 2.05) is 25.1 Å². The maximum atomic E-state index is 13.4. The fourth-order valence-corrected chi connectivity index (χ4v) is 4.34. The van der Waals surface area contributed by atoms with Crippen LogP contribution in [0.2, 0.25) is 5.02 Å². The molecule has 1 N–H and O–H groups in total. The molecule has 2 heterocycles. The second-order valence-electron chi connectivity index (χ2n) is 6.86. The predicted molar refractivity (Wildman–Crippen MR) is 119 cm³/mol. The van der Waals surface area contributed by atoms with Crippen LogP contribution in [0.5, 0.6) is 0 Å². The number of nitrogens with one attached hydrogen (secondary N) is 1. The lowest BCUT2D eigenvalue weighted by atomic mass is 10.2. The minimum absolute atomic E-state index is 0.332. The van der Waals surface area contributed by atoms with Crippen LogP contribution >= 0.6 is 22.9 Å². The molecule has 31 heavy (non-hydrogen) atoms. The number of thiophene rings is 1. The number of carbonyl (C=O) groups excluding carboxylic acids is 2. The van der Waals surface area contributed by atoms with Crippen molar-refractivity contribution in [1.29, 1.82) is 0 Å². The standard InChI is InChI=1S/C22H17ClFN3O3S/c1-12-7-8-14(24)9-17(12)25-20(28)11-30-22(29)19-10-15-13(2)26-27(21(15)31-19)18-6-4-3-5-16(18)23/h3-10H,11H2,1-2H3,(H,25,28). The molecule has 2 aromatic carbocycles. The lowest BCUT2D eigenvalue weighted by molar-refractivity contribution is -0.119. The van der Waals surface area contributed by atoms with Crippen molar-refractivity contribution in [1.82, 2.24) is 9.78 Å². The molecule has 0 radical (unpaired) electrons. The van der Waals surface area contributed by atoms with E-state index in [-0.39, 0.29) is 0 Å². The molecule has 0 saturated heterocycles. The first-order valence-electron chi connectivity index (χ1n) is 9.30. The van der Waals surface area contributed by atoms with E-state index < -0.39 is 24.3 Å². The van der Waals surface area contributed by atoms with E-state index in [1.165, 1.54) is 23.5 Å². The molecule has 4 aromatic rings. The highest BCUT2D eigenvalue weighted by Gasteiger charge is 2.20. The molecule has 0 fully saturated rings. The van der Waals surface area contributed by atoms with Gasteiger partial charge in [0.25, 0.3) is 5.91 Å². The van der Waals surface area contributed by atoms with Crippen molar-refractivity contribution in [3.63, 3.8) is 0 Å². The lowest BCUT2D eigenvalue weighted by Crippen LogP contribution is -2.21. The number of fused-ring (bicyclic) bond motifs is 1. The van der Waals surface area contributed by atoms with E-state index in [9.17, 15) is 14.0 Å². The molecule has 0 aliphatic rings. The molecule has 0 aliphatic heterocycles. The van der Waals surface area contributed by atoms with Gasteiger partial charge in [-0.3, -0.25) is 4.79 Å². The van der Waals surface area contributed by atoms with Crippen LogP contribution in [0.1, 0.15) is 20.9 Å². The summed E-state index contributed by atoms with van der Waals surface area (Å²) in [5.74, 6) is -1.65. The number of anilines is 1. The molecule has 0 saturated carbocycles. The Morgan fingerprint density at radius 1 is 1.19 bits per heavy atom. The number of hydrogen-bond acceptors (Lipinski definition) is 5. The van der Waals surface area contributed by atoms with Gasteiger partial charge in [0.2, 0.25) is 0 Å². The number of esters is 1. The topological polar surface area (TPSA) is 73.2 Å². The molecular weight excluding hydrogens is 441 g/mol. The lowest BCUT2D eigenvalue weighted by Gasteiger charge is -2.08. The van der Waals surface area contributed by atoms with Gasteiger partial charge in [-0.2, -0.15) is 5.10 Å². The first kappa shape index (κ1) is 21.0. The second kappa shape index (κ2) is 8.49. The number of ether oxygens (including phenoxy) is 1. The number of carbonyl (C=O) groups is 2. The fourth-order valence-electron chi connectivity index (χ4n) is 3.05. The maximum Gasteiger partial charge on any atom is 0.348 e. The largest absolute Gasteiger partial charge is 0.451 e. The number of nitrogens with zero attached hydrogens (tertiary/aromatic N) is 2. The smallest absolute Gasteiger partial charge is 0.348 e. The van der Waals surface area contributed by atoms with Gasteiger partial charge in [-0.25, -0.2) is 13.9 Å². The summed E-state index contributed by atoms with van der Waals surface area (Å²) in [6, 6.07) is 13.0. The zero-order valence-electron chi connectivity index (χ0n) is 16.6. The van der Waals surface area contributed by atoms with Gasteiger partial charge in [-0.15, -0.1) is 11.3 Å². The van der Waals surface area contributed by atoms with E-state index in [0.29, 0.717) is 26.8 Å². The van der Waals surface area contributed by atoms with Crippen molar-refractivity contribution in [3.8, 4) is 5.69 Å². The van der Waals surface area contributed by atoms with Gasteiger partial charge >= 0.3 is 5.97 Å². The highest BCUT2D eigenvalue weighted by Crippen LogP contribution is 2.32. The van der Waals surface area contributed by atoms with Crippen LogP contribution in [-0.2, 0) is 9.53 Å². The van der Waals surface area contributed by atoms with Crippen LogP contribution in [0.15, 0.2) is 48.5 Å². The third-order valence-corrected chi connectivity index (χ3v) is 6.04. The SMILES string of the molecule is Cc1ccc(F)cc1NC(=O)COC(=O)c1cc2c(C)nn(-c3ccccc3Cl)c2s1. The van der Waals surface area contributed by atoms with Gasteiger partial charge in [0.05, 0.1) is 16.4 Å². The average Bonchev–Trinajstić information content (AvgIpc) is 3.30. The van der Waals surface area contributed by atoms with Crippen LogP contribution < -0.4 is 5.32 Å². The third kappa shape index (κ3) is 4.30. The first-order chi connectivity index (χ1) is 14.8. The van der Waals surface area contributed by atoms with E-state index in [1.54, 1.807) is 29.8 Å². The van der Waals surface area contributed by atoms with Crippen molar-refractivity contribution >= 4 is 50.7 Å². The summed E-state index contributed by atoms with van der Waals surface area (Å²) in [6.45, 7) is 3.09. The minimum Gasteiger partial charge on any atom is -0.451 e. The highest BCUT2D eigenvalue weighted by atomic mass is 35.5. The van der Waals surface area contributed by atoms with E-state index >= 15 is 0 Å². The summed E-state index contributed by atoms with van der Waals surface area (Å²) in [6.07, 6.45) is 0. The van der Waals surface area contributed by atoms with E-state index in [4.69, 9.17) is 16.3 Å². The summed E-state index contributed by atoms with van der Waals surface area (Å²) in [5, 5.41) is 8.40. The number of hydrogen-bond donors (Lipinski definition) is 1. The van der Waals surface area contributed by atoms with Gasteiger partial charge in [-0.05, 0) is 49.7 Å². The van der Waals surface area contributed by atoms with Crippen LogP contribution in [0.3, 0.4) is 0 Å². The average molecular weight is 458 g/mol. The van der Waals surface area contributed by atoms with Crippen LogP contribution in [0.25, 0.3) is 15.9 Å². The van der Waals surface area contributed by atoms with Crippen molar-refractivity contribution in [2.24, 2.45) is 0 Å². The summed E-state index contributed by atoms with van der Waals surface area (Å²) >= 11 is 7.50. The molecule has 1 amide bonds. The second-order valence-corrected chi connectivity index (χ2v) is 8.30. The van der Waals surface area contributed by atoms with Crippen molar-refractivity contribution in [2.75, 3.05) is 11.9 Å². The first-order valence-corrected chi connectivity index (χ1v) is 10.5. The Kier molecular flexibility index (Phi) is 5.75. The Bertz CT molecular complexity index is 1310. The zero-order valence-corrected chi connectivity index (χ0v) is 18.2. The fraction of sp³-hybridized carbons (Fsp3) is 0.136. The van der Waals surface area contributed by atoms with E-state index in [0.717, 1.165) is 15.9 Å². The molecule has 158 valence electrons. The summed E-state index contributed by atoms with van der Waals surface area (Å²) in [5.41, 5.74) is 2.47. The number of benzene rings is 2. The van der Waals surface area contributed by atoms with Gasteiger partial charge in [0.1, 0.15) is 15.5 Å². The molecule has 0 atom stereocenters. The Morgan fingerprint density at radius 2 is 1.97 bits per heavy atom. The minimum atomic E-state index is -0.627. The van der Waals surface area contributed by atoms with Crippen molar-refractivity contribution < 1.29 is 18.7 Å². The Labute approximate surface area is 186 Å². The van der Waals surface area contributed by atoms with Gasteiger partial charge < -0.3 is 10.1 Å². The number of rotatable bonds is 5. The molecule has 0 aliphatic carbocycles. The molecule has 0 unspecified atom stereocenters. The normalized spacial score (nSPS) is 11.0. The van der Waals surface area contributed by atoms with Gasteiger partial charge in [0, 0.05) is 11.1 Å². The monoisotopic (exact) mass is 457 g/mol. The Balaban J connectivity index is 1.50. The summed E-state index contributed by atoms with van der Waals surface area (Å²) in [4.78, 5) is 25.7. The molecular formula is C22H17ClFN3O3S. The molecule has 6 nitrogen and oxygen atoms in total. The molecule has 2 aromatic heterocycles. The maximum absolute atomic E-state index is 13.4. The number of aryl methyl sites for hydroxylation is 2. The van der Waals surface area contributed by atoms with E-state index in [2.05, 4.69) is 10.4 Å². The number of aromatic nitrogens is 2. The van der Waals surface area contributed by atoms with Crippen LogP contribution in [-0.4, -0.2) is 28.3 Å². The van der Waals surface area contributed by atoms with Gasteiger partial charge in [-0.1, -0.05) is 29.8 Å². The van der Waals surface area contributed by atoms with Crippen molar-refractivity contribution in [3.05, 3.63) is 75.5 Å².